The molecule has 0 aromatic carbocycles. The van der Waals surface area contributed by atoms with Crippen molar-refractivity contribution >= 4 is 11.8 Å². The molecule has 2 fully saturated rings. The van der Waals surface area contributed by atoms with Crippen LogP contribution >= 0.6 is 0 Å². The average molecular weight is 434 g/mol. The number of piperidine rings is 1. The summed E-state index contributed by atoms with van der Waals surface area (Å²) in [5.41, 5.74) is 0.0778. The molecule has 2 amide bonds. The maximum absolute atomic E-state index is 12.8. The summed E-state index contributed by atoms with van der Waals surface area (Å²) >= 11 is 0. The Morgan fingerprint density at radius 1 is 1.16 bits per heavy atom. The van der Waals surface area contributed by atoms with Crippen molar-refractivity contribution in [2.75, 3.05) is 40.3 Å². The van der Waals surface area contributed by atoms with Crippen LogP contribution in [0.2, 0.25) is 0 Å². The molecule has 0 saturated carbocycles. The summed E-state index contributed by atoms with van der Waals surface area (Å²) in [6.07, 6.45) is 4.59. The fourth-order valence-corrected chi connectivity index (χ4v) is 4.94. The maximum atomic E-state index is 12.8. The van der Waals surface area contributed by atoms with E-state index in [1.165, 1.54) is 0 Å². The zero-order chi connectivity index (χ0) is 22.8. The van der Waals surface area contributed by atoms with Crippen molar-refractivity contribution in [3.8, 4) is 0 Å². The first kappa shape index (κ1) is 23.7. The summed E-state index contributed by atoms with van der Waals surface area (Å²) in [6, 6.07) is -0.0508. The molecule has 8 nitrogen and oxygen atoms in total. The van der Waals surface area contributed by atoms with E-state index in [-0.39, 0.29) is 29.2 Å². The number of carbonyl (C=O) groups is 2. The molecule has 0 aliphatic carbocycles. The van der Waals surface area contributed by atoms with E-state index in [4.69, 9.17) is 4.42 Å². The van der Waals surface area contributed by atoms with Crippen LogP contribution < -0.4 is 0 Å². The second-order valence-corrected chi connectivity index (χ2v) is 9.89. The molecule has 174 valence electrons. The number of carbonyl (C=O) groups excluding carboxylic acids is 2. The highest BCUT2D eigenvalue weighted by atomic mass is 16.4. The van der Waals surface area contributed by atoms with Gasteiger partial charge in [0.1, 0.15) is 0 Å². The first-order chi connectivity index (χ1) is 14.7. The van der Waals surface area contributed by atoms with Crippen LogP contribution in [0.25, 0.3) is 0 Å². The molecular weight excluding hydrogens is 394 g/mol. The Labute approximate surface area is 186 Å². The molecular formula is C23H39N5O3. The number of amides is 2. The van der Waals surface area contributed by atoms with E-state index in [0.29, 0.717) is 24.2 Å². The third-order valence-corrected chi connectivity index (χ3v) is 7.15. The monoisotopic (exact) mass is 433 g/mol. The van der Waals surface area contributed by atoms with Crippen LogP contribution in [-0.4, -0.2) is 77.0 Å². The van der Waals surface area contributed by atoms with Crippen molar-refractivity contribution < 1.29 is 14.0 Å². The van der Waals surface area contributed by atoms with Crippen LogP contribution in [0, 0.1) is 11.3 Å². The van der Waals surface area contributed by atoms with Gasteiger partial charge in [0.25, 0.3) is 0 Å². The van der Waals surface area contributed by atoms with E-state index in [1.54, 1.807) is 19.0 Å². The van der Waals surface area contributed by atoms with Gasteiger partial charge < -0.3 is 14.2 Å². The average Bonchev–Trinajstić information content (AvgIpc) is 3.35. The van der Waals surface area contributed by atoms with Crippen molar-refractivity contribution in [3.63, 3.8) is 0 Å². The van der Waals surface area contributed by atoms with Crippen molar-refractivity contribution in [2.45, 2.75) is 71.8 Å². The lowest BCUT2D eigenvalue weighted by Crippen LogP contribution is -2.46. The topological polar surface area (TPSA) is 82.8 Å². The van der Waals surface area contributed by atoms with E-state index >= 15 is 0 Å². The summed E-state index contributed by atoms with van der Waals surface area (Å²) in [4.78, 5) is 31.2. The molecule has 0 radical (unpaired) electrons. The molecule has 1 aromatic heterocycles. The summed E-state index contributed by atoms with van der Waals surface area (Å²) in [5, 5.41) is 8.56. The van der Waals surface area contributed by atoms with Gasteiger partial charge >= 0.3 is 0 Å². The number of hydrogen-bond donors (Lipinski definition) is 0. The molecule has 2 aliphatic heterocycles. The lowest BCUT2D eigenvalue weighted by atomic mass is 9.76. The Morgan fingerprint density at radius 2 is 1.81 bits per heavy atom. The minimum atomic E-state index is -0.0508. The van der Waals surface area contributed by atoms with Crippen LogP contribution in [0.1, 0.15) is 83.5 Å². The first-order valence-corrected chi connectivity index (χ1v) is 11.8. The smallest absolute Gasteiger partial charge is 0.236 e. The minimum absolute atomic E-state index is 0.0508. The van der Waals surface area contributed by atoms with E-state index in [1.807, 2.05) is 13.8 Å². The molecule has 0 bridgehead atoms. The summed E-state index contributed by atoms with van der Waals surface area (Å²) in [6.45, 7) is 11.0. The van der Waals surface area contributed by atoms with Gasteiger partial charge in [-0.2, -0.15) is 0 Å². The molecule has 3 heterocycles. The zero-order valence-corrected chi connectivity index (χ0v) is 20.1. The lowest BCUT2D eigenvalue weighted by molar-refractivity contribution is -0.138. The van der Waals surface area contributed by atoms with E-state index in [2.05, 4.69) is 33.8 Å². The van der Waals surface area contributed by atoms with Gasteiger partial charge in [-0.1, -0.05) is 27.7 Å². The largest absolute Gasteiger partial charge is 0.423 e. The summed E-state index contributed by atoms with van der Waals surface area (Å²) < 4.78 is 6.00. The van der Waals surface area contributed by atoms with Crippen molar-refractivity contribution in [2.24, 2.45) is 11.3 Å². The van der Waals surface area contributed by atoms with Gasteiger partial charge in [-0.15, -0.1) is 10.2 Å². The third-order valence-electron chi connectivity index (χ3n) is 7.15. The molecule has 1 aromatic rings. The molecule has 1 spiro atoms. The van der Waals surface area contributed by atoms with Gasteiger partial charge in [-0.3, -0.25) is 14.5 Å². The summed E-state index contributed by atoms with van der Waals surface area (Å²) in [7, 11) is 3.57. The molecule has 1 unspecified atom stereocenters. The van der Waals surface area contributed by atoms with Crippen molar-refractivity contribution in [1.29, 1.82) is 0 Å². The molecule has 31 heavy (non-hydrogen) atoms. The number of likely N-dealkylation sites (tertiary alicyclic amines) is 2. The van der Waals surface area contributed by atoms with Crippen LogP contribution in [0.15, 0.2) is 4.42 Å². The standard InChI is InChI=1S/C23H39N5O3/c1-7-17(8-2)22(30)27-11-9-23(10-12-27)13-18(21-25-24-20(31-21)16(3)4)28(15-23)14-19(29)26(5)6/h16-18H,7-15H2,1-6H3. The predicted octanol–water partition coefficient (Wildman–Crippen LogP) is 3.07. The van der Waals surface area contributed by atoms with Gasteiger partial charge in [0.2, 0.25) is 23.6 Å². The van der Waals surface area contributed by atoms with E-state index in [9.17, 15) is 9.59 Å². The van der Waals surface area contributed by atoms with Crippen molar-refractivity contribution in [1.82, 2.24) is 24.9 Å². The normalized spacial score (nSPS) is 21.4. The van der Waals surface area contributed by atoms with Gasteiger partial charge in [0, 0.05) is 45.6 Å². The molecule has 1 atom stereocenters. The fourth-order valence-electron chi connectivity index (χ4n) is 4.94. The Morgan fingerprint density at radius 3 is 2.32 bits per heavy atom. The second-order valence-electron chi connectivity index (χ2n) is 9.89. The lowest BCUT2D eigenvalue weighted by Gasteiger charge is -2.40. The SMILES string of the molecule is CCC(CC)C(=O)N1CCC2(CC1)CC(c1nnc(C(C)C)o1)N(CC(=O)N(C)C)C2. The van der Waals surface area contributed by atoms with Crippen LogP contribution in [0.3, 0.4) is 0 Å². The number of aromatic nitrogens is 2. The Balaban J connectivity index is 1.75. The van der Waals surface area contributed by atoms with Gasteiger partial charge in [0.05, 0.1) is 12.6 Å². The first-order valence-electron chi connectivity index (χ1n) is 11.8. The highest BCUT2D eigenvalue weighted by Crippen LogP contribution is 2.49. The maximum Gasteiger partial charge on any atom is 0.236 e. The quantitative estimate of drug-likeness (QED) is 0.657. The number of likely N-dealkylation sites (N-methyl/N-ethyl adjacent to an activating group) is 1. The predicted molar refractivity (Wildman–Crippen MR) is 118 cm³/mol. The van der Waals surface area contributed by atoms with E-state index in [0.717, 1.165) is 51.7 Å². The second kappa shape index (κ2) is 9.67. The fraction of sp³-hybridized carbons (Fsp3) is 0.826. The molecule has 0 N–H and O–H groups in total. The highest BCUT2D eigenvalue weighted by Gasteiger charge is 2.49. The molecule has 8 heteroatoms. The number of nitrogens with zero attached hydrogens (tertiary/aromatic N) is 5. The molecule has 2 saturated heterocycles. The summed E-state index contributed by atoms with van der Waals surface area (Å²) in [5.74, 6) is 1.93. The van der Waals surface area contributed by atoms with Gasteiger partial charge in [0.15, 0.2) is 0 Å². The Kier molecular flexibility index (Phi) is 7.39. The van der Waals surface area contributed by atoms with Crippen LogP contribution in [0.5, 0.6) is 0 Å². The van der Waals surface area contributed by atoms with E-state index < -0.39 is 0 Å². The third kappa shape index (κ3) is 5.10. The number of rotatable bonds is 7. The highest BCUT2D eigenvalue weighted by molar-refractivity contribution is 5.79. The van der Waals surface area contributed by atoms with Crippen LogP contribution in [-0.2, 0) is 9.59 Å². The van der Waals surface area contributed by atoms with Gasteiger partial charge in [-0.05, 0) is 37.5 Å². The Bertz CT molecular complexity index is 763. The van der Waals surface area contributed by atoms with Crippen LogP contribution in [0.4, 0.5) is 0 Å². The van der Waals surface area contributed by atoms with Crippen molar-refractivity contribution in [3.05, 3.63) is 11.8 Å². The zero-order valence-electron chi connectivity index (χ0n) is 20.1. The van der Waals surface area contributed by atoms with Gasteiger partial charge in [-0.25, -0.2) is 0 Å². The number of hydrogen-bond acceptors (Lipinski definition) is 6. The molecule has 3 rings (SSSR count). The minimum Gasteiger partial charge on any atom is -0.423 e. The molecule has 2 aliphatic rings. The Hall–Kier alpha value is -1.96.